The second-order valence-electron chi connectivity index (χ2n) is 5.67. The Balaban J connectivity index is 1.86. The molecule has 0 aromatic rings. The van der Waals surface area contributed by atoms with Gasteiger partial charge in [-0.05, 0) is 38.9 Å². The summed E-state index contributed by atoms with van der Waals surface area (Å²) in [6.07, 6.45) is 4.75. The Morgan fingerprint density at radius 3 is 3.00 bits per heavy atom. The molecule has 0 bridgehead atoms. The molecule has 0 aliphatic carbocycles. The van der Waals surface area contributed by atoms with Crippen LogP contribution in [-0.4, -0.2) is 63.0 Å². The summed E-state index contributed by atoms with van der Waals surface area (Å²) in [6, 6.07) is 0.686. The summed E-state index contributed by atoms with van der Waals surface area (Å²) < 4.78 is 11.3. The lowest BCUT2D eigenvalue weighted by Gasteiger charge is -2.35. The van der Waals surface area contributed by atoms with E-state index in [-0.39, 0.29) is 5.60 Å². The zero-order valence-corrected chi connectivity index (χ0v) is 11.9. The SMILES string of the molecule is CCC1CCN(CC2(OC)CCOC2)CCCN1. The van der Waals surface area contributed by atoms with Crippen LogP contribution in [-0.2, 0) is 9.47 Å². The molecule has 1 N–H and O–H groups in total. The summed E-state index contributed by atoms with van der Waals surface area (Å²) in [5.41, 5.74) is -0.0473. The van der Waals surface area contributed by atoms with E-state index in [1.54, 1.807) is 0 Å². The van der Waals surface area contributed by atoms with Crippen LogP contribution in [0.15, 0.2) is 0 Å². The van der Waals surface area contributed by atoms with Gasteiger partial charge in [-0.15, -0.1) is 0 Å². The average Bonchev–Trinajstić information content (AvgIpc) is 2.83. The number of ether oxygens (including phenoxy) is 2. The van der Waals surface area contributed by atoms with Gasteiger partial charge < -0.3 is 19.7 Å². The number of methoxy groups -OCH3 is 1. The van der Waals surface area contributed by atoms with Crippen LogP contribution in [0, 0.1) is 0 Å². The van der Waals surface area contributed by atoms with Crippen LogP contribution in [0.1, 0.15) is 32.6 Å². The Labute approximate surface area is 111 Å². The van der Waals surface area contributed by atoms with E-state index in [9.17, 15) is 0 Å². The maximum Gasteiger partial charge on any atom is 0.106 e. The van der Waals surface area contributed by atoms with Gasteiger partial charge in [-0.3, -0.25) is 0 Å². The molecule has 2 fully saturated rings. The monoisotopic (exact) mass is 256 g/mol. The fourth-order valence-electron chi connectivity index (χ4n) is 3.01. The minimum absolute atomic E-state index is 0.0473. The molecule has 2 saturated heterocycles. The first kappa shape index (κ1) is 14.3. The van der Waals surface area contributed by atoms with Gasteiger partial charge in [0.05, 0.1) is 6.61 Å². The average molecular weight is 256 g/mol. The zero-order valence-electron chi connectivity index (χ0n) is 11.9. The van der Waals surface area contributed by atoms with E-state index in [1.807, 2.05) is 7.11 Å². The molecule has 2 aliphatic rings. The van der Waals surface area contributed by atoms with Crippen LogP contribution < -0.4 is 5.32 Å². The van der Waals surface area contributed by atoms with Crippen molar-refractivity contribution in [2.45, 2.75) is 44.2 Å². The lowest BCUT2D eigenvalue weighted by Crippen LogP contribution is -2.48. The maximum atomic E-state index is 5.74. The van der Waals surface area contributed by atoms with Crippen molar-refractivity contribution in [2.24, 2.45) is 0 Å². The van der Waals surface area contributed by atoms with Gasteiger partial charge in [-0.1, -0.05) is 6.92 Å². The van der Waals surface area contributed by atoms with Gasteiger partial charge in [-0.25, -0.2) is 0 Å². The largest absolute Gasteiger partial charge is 0.378 e. The predicted molar refractivity (Wildman–Crippen MR) is 72.9 cm³/mol. The molecule has 18 heavy (non-hydrogen) atoms. The number of nitrogens with one attached hydrogen (secondary N) is 1. The molecule has 106 valence electrons. The van der Waals surface area contributed by atoms with E-state index in [1.165, 1.54) is 32.4 Å². The van der Waals surface area contributed by atoms with Gasteiger partial charge in [0.25, 0.3) is 0 Å². The number of nitrogens with zero attached hydrogens (tertiary/aromatic N) is 1. The van der Waals surface area contributed by atoms with Gasteiger partial charge in [0.15, 0.2) is 0 Å². The lowest BCUT2D eigenvalue weighted by molar-refractivity contribution is -0.0421. The second kappa shape index (κ2) is 6.85. The topological polar surface area (TPSA) is 33.7 Å². The maximum absolute atomic E-state index is 5.74. The van der Waals surface area contributed by atoms with Crippen molar-refractivity contribution in [2.75, 3.05) is 46.5 Å². The Morgan fingerprint density at radius 2 is 2.33 bits per heavy atom. The molecular formula is C14H28N2O2. The predicted octanol–water partition coefficient (Wildman–Crippen LogP) is 1.26. The molecule has 0 amide bonds. The summed E-state index contributed by atoms with van der Waals surface area (Å²) >= 11 is 0. The molecule has 2 heterocycles. The molecule has 0 spiro atoms. The van der Waals surface area contributed by atoms with E-state index in [2.05, 4.69) is 17.1 Å². The highest BCUT2D eigenvalue weighted by Gasteiger charge is 2.36. The van der Waals surface area contributed by atoms with Gasteiger partial charge in [0, 0.05) is 32.7 Å². The second-order valence-corrected chi connectivity index (χ2v) is 5.67. The Kier molecular flexibility index (Phi) is 5.42. The van der Waals surface area contributed by atoms with E-state index in [0.717, 1.165) is 32.7 Å². The van der Waals surface area contributed by atoms with Crippen LogP contribution in [0.4, 0.5) is 0 Å². The van der Waals surface area contributed by atoms with E-state index >= 15 is 0 Å². The molecular weight excluding hydrogens is 228 g/mol. The van der Waals surface area contributed by atoms with Crippen molar-refractivity contribution in [1.29, 1.82) is 0 Å². The van der Waals surface area contributed by atoms with Crippen molar-refractivity contribution in [3.8, 4) is 0 Å². The summed E-state index contributed by atoms with van der Waals surface area (Å²) in [7, 11) is 1.83. The first-order valence-corrected chi connectivity index (χ1v) is 7.36. The van der Waals surface area contributed by atoms with E-state index < -0.39 is 0 Å². The van der Waals surface area contributed by atoms with Crippen molar-refractivity contribution < 1.29 is 9.47 Å². The fourth-order valence-corrected chi connectivity index (χ4v) is 3.01. The quantitative estimate of drug-likeness (QED) is 0.821. The van der Waals surface area contributed by atoms with Crippen molar-refractivity contribution >= 4 is 0 Å². The van der Waals surface area contributed by atoms with E-state index in [0.29, 0.717) is 6.04 Å². The van der Waals surface area contributed by atoms with Gasteiger partial charge >= 0.3 is 0 Å². The number of hydrogen-bond donors (Lipinski definition) is 1. The summed E-state index contributed by atoms with van der Waals surface area (Å²) in [5.74, 6) is 0. The lowest BCUT2D eigenvalue weighted by atomic mass is 10.0. The van der Waals surface area contributed by atoms with Gasteiger partial charge in [-0.2, -0.15) is 0 Å². The highest BCUT2D eigenvalue weighted by Crippen LogP contribution is 2.24. The minimum atomic E-state index is -0.0473. The van der Waals surface area contributed by atoms with Crippen LogP contribution >= 0.6 is 0 Å². The molecule has 2 atom stereocenters. The summed E-state index contributed by atoms with van der Waals surface area (Å²) in [4.78, 5) is 2.57. The molecule has 2 unspecified atom stereocenters. The normalized spacial score (nSPS) is 35.3. The van der Waals surface area contributed by atoms with Crippen LogP contribution in [0.25, 0.3) is 0 Å². The molecule has 0 aromatic heterocycles. The van der Waals surface area contributed by atoms with Crippen LogP contribution in [0.2, 0.25) is 0 Å². The third kappa shape index (κ3) is 3.67. The van der Waals surface area contributed by atoms with Gasteiger partial charge in [0.2, 0.25) is 0 Å². The molecule has 4 heteroatoms. The van der Waals surface area contributed by atoms with Crippen LogP contribution in [0.5, 0.6) is 0 Å². The Morgan fingerprint density at radius 1 is 1.44 bits per heavy atom. The fraction of sp³-hybridized carbons (Fsp3) is 1.00. The first-order valence-electron chi connectivity index (χ1n) is 7.36. The van der Waals surface area contributed by atoms with Crippen molar-refractivity contribution in [3.63, 3.8) is 0 Å². The smallest absolute Gasteiger partial charge is 0.106 e. The number of rotatable bonds is 4. The molecule has 4 nitrogen and oxygen atoms in total. The Hall–Kier alpha value is -0.160. The van der Waals surface area contributed by atoms with Crippen molar-refractivity contribution in [1.82, 2.24) is 10.2 Å². The van der Waals surface area contributed by atoms with Gasteiger partial charge in [0.1, 0.15) is 5.60 Å². The number of hydrogen-bond acceptors (Lipinski definition) is 4. The van der Waals surface area contributed by atoms with Crippen LogP contribution in [0.3, 0.4) is 0 Å². The molecule has 0 radical (unpaired) electrons. The highest BCUT2D eigenvalue weighted by atomic mass is 16.5. The Bertz CT molecular complexity index is 242. The molecule has 0 aromatic carbocycles. The first-order chi connectivity index (χ1) is 8.78. The highest BCUT2D eigenvalue weighted by molar-refractivity contribution is 4.89. The third-order valence-electron chi connectivity index (χ3n) is 4.38. The molecule has 2 rings (SSSR count). The standard InChI is InChI=1S/C14H28N2O2/c1-3-13-5-9-16(8-4-7-15-13)11-14(17-2)6-10-18-12-14/h13,15H,3-12H2,1-2H3. The molecule has 0 saturated carbocycles. The third-order valence-corrected chi connectivity index (χ3v) is 4.38. The minimum Gasteiger partial charge on any atom is -0.378 e. The van der Waals surface area contributed by atoms with Crippen molar-refractivity contribution in [3.05, 3.63) is 0 Å². The van der Waals surface area contributed by atoms with E-state index in [4.69, 9.17) is 9.47 Å². The molecule has 2 aliphatic heterocycles. The summed E-state index contributed by atoms with van der Waals surface area (Å²) in [5, 5.41) is 3.63. The zero-order chi connectivity index (χ0) is 12.8. The summed E-state index contributed by atoms with van der Waals surface area (Å²) in [6.45, 7) is 8.40.